The van der Waals surface area contributed by atoms with Gasteiger partial charge in [0.05, 0.1) is 18.3 Å². The third-order valence-corrected chi connectivity index (χ3v) is 4.16. The van der Waals surface area contributed by atoms with Gasteiger partial charge < -0.3 is 4.79 Å². The van der Waals surface area contributed by atoms with E-state index < -0.39 is 0 Å². The predicted octanol–water partition coefficient (Wildman–Crippen LogP) is 1.15. The molecule has 4 nitrogen and oxygen atoms in total. The first-order chi connectivity index (χ1) is 7.81. The van der Waals surface area contributed by atoms with E-state index in [1.165, 1.54) is 15.8 Å². The van der Waals surface area contributed by atoms with Crippen LogP contribution >= 0.6 is 11.3 Å². The van der Waals surface area contributed by atoms with Gasteiger partial charge in [0.2, 0.25) is 0 Å². The molecule has 0 unspecified atom stereocenters. The summed E-state index contributed by atoms with van der Waals surface area (Å²) in [7, 11) is 0. The van der Waals surface area contributed by atoms with Gasteiger partial charge in [0, 0.05) is 4.88 Å². The second kappa shape index (κ2) is 3.52. The number of hydrogen-bond donors (Lipinski definition) is 0. The predicted molar refractivity (Wildman–Crippen MR) is 62.0 cm³/mol. The fourth-order valence-corrected chi connectivity index (χ4v) is 3.45. The highest BCUT2D eigenvalue weighted by Gasteiger charge is 2.20. The van der Waals surface area contributed by atoms with Crippen molar-refractivity contribution < 1.29 is 4.79 Å². The summed E-state index contributed by atoms with van der Waals surface area (Å²) in [5.41, 5.74) is 1.09. The lowest BCUT2D eigenvalue weighted by atomic mass is 10.2. The minimum Gasteiger partial charge on any atom is -0.301 e. The van der Waals surface area contributed by atoms with Crippen LogP contribution in [0.15, 0.2) is 11.1 Å². The number of nitrogens with zero attached hydrogens (tertiary/aromatic N) is 2. The molecule has 0 radical (unpaired) electrons. The first-order valence-electron chi connectivity index (χ1n) is 5.24. The standard InChI is InChI=1S/C11H10N2O2S/c14-5-4-13-6-12-10-9(11(13)15)7-2-1-3-8(7)16-10/h5-6H,1-4H2. The molecular formula is C11H10N2O2S. The van der Waals surface area contributed by atoms with E-state index in [9.17, 15) is 9.59 Å². The van der Waals surface area contributed by atoms with Crippen molar-refractivity contribution in [3.05, 3.63) is 27.1 Å². The highest BCUT2D eigenvalue weighted by Crippen LogP contribution is 2.34. The van der Waals surface area contributed by atoms with Crippen molar-refractivity contribution in [3.63, 3.8) is 0 Å². The van der Waals surface area contributed by atoms with Crippen LogP contribution in [0, 0.1) is 0 Å². The van der Waals surface area contributed by atoms with Gasteiger partial charge >= 0.3 is 0 Å². The number of carbonyl (C=O) groups is 1. The van der Waals surface area contributed by atoms with Gasteiger partial charge in [-0.2, -0.15) is 0 Å². The molecule has 0 bridgehead atoms. The highest BCUT2D eigenvalue weighted by molar-refractivity contribution is 7.18. The second-order valence-electron chi connectivity index (χ2n) is 3.91. The number of aldehydes is 1. The molecule has 0 amide bonds. The number of aromatic nitrogens is 2. The lowest BCUT2D eigenvalue weighted by molar-refractivity contribution is -0.108. The van der Waals surface area contributed by atoms with E-state index >= 15 is 0 Å². The molecule has 0 saturated heterocycles. The van der Waals surface area contributed by atoms with Crippen molar-refractivity contribution in [1.82, 2.24) is 9.55 Å². The molecule has 0 atom stereocenters. The first-order valence-corrected chi connectivity index (χ1v) is 6.06. The number of aryl methyl sites for hydroxylation is 2. The van der Waals surface area contributed by atoms with Crippen molar-refractivity contribution >= 4 is 27.8 Å². The minimum atomic E-state index is -0.0727. The maximum absolute atomic E-state index is 12.1. The molecule has 2 aromatic heterocycles. The molecule has 1 aliphatic carbocycles. The fourth-order valence-electron chi connectivity index (χ4n) is 2.23. The van der Waals surface area contributed by atoms with E-state index in [1.807, 2.05) is 0 Å². The molecule has 16 heavy (non-hydrogen) atoms. The average Bonchev–Trinajstić information content (AvgIpc) is 2.81. The van der Waals surface area contributed by atoms with Gasteiger partial charge in [-0.1, -0.05) is 0 Å². The second-order valence-corrected chi connectivity index (χ2v) is 4.99. The fraction of sp³-hybridized carbons (Fsp3) is 0.364. The Morgan fingerprint density at radius 2 is 2.38 bits per heavy atom. The van der Waals surface area contributed by atoms with Crippen LogP contribution in [-0.4, -0.2) is 15.8 Å². The van der Waals surface area contributed by atoms with Gasteiger partial charge in [-0.3, -0.25) is 9.36 Å². The summed E-state index contributed by atoms with van der Waals surface area (Å²) in [6.45, 7) is 0.0897. The lowest BCUT2D eigenvalue weighted by Gasteiger charge is -2.00. The summed E-state index contributed by atoms with van der Waals surface area (Å²) in [5.74, 6) is 0. The smallest absolute Gasteiger partial charge is 0.262 e. The van der Waals surface area contributed by atoms with Gasteiger partial charge in [-0.25, -0.2) is 4.98 Å². The molecule has 0 aliphatic heterocycles. The number of carbonyl (C=O) groups excluding carboxylic acids is 1. The number of hydrogen-bond acceptors (Lipinski definition) is 4. The summed E-state index contributed by atoms with van der Waals surface area (Å²) in [4.78, 5) is 28.9. The van der Waals surface area contributed by atoms with Crippen LogP contribution in [0.4, 0.5) is 0 Å². The average molecular weight is 234 g/mol. The Labute approximate surface area is 95.5 Å². The summed E-state index contributed by atoms with van der Waals surface area (Å²) in [6, 6.07) is 0. The SMILES string of the molecule is O=CCn1cnc2sc3c(c2c1=O)CCC3. The van der Waals surface area contributed by atoms with Crippen molar-refractivity contribution in [2.75, 3.05) is 0 Å². The number of thiophene rings is 1. The zero-order valence-electron chi connectivity index (χ0n) is 8.60. The monoisotopic (exact) mass is 234 g/mol. The Kier molecular flexibility index (Phi) is 2.14. The van der Waals surface area contributed by atoms with Crippen LogP contribution in [0.1, 0.15) is 16.9 Å². The maximum Gasteiger partial charge on any atom is 0.262 e. The van der Waals surface area contributed by atoms with E-state index in [1.54, 1.807) is 11.3 Å². The van der Waals surface area contributed by atoms with Gasteiger partial charge in [-0.15, -0.1) is 11.3 Å². The first kappa shape index (κ1) is 9.72. The molecular weight excluding hydrogens is 224 g/mol. The highest BCUT2D eigenvalue weighted by atomic mass is 32.1. The van der Waals surface area contributed by atoms with E-state index in [0.29, 0.717) is 0 Å². The molecule has 0 N–H and O–H groups in total. The largest absolute Gasteiger partial charge is 0.301 e. The van der Waals surface area contributed by atoms with E-state index in [-0.39, 0.29) is 12.1 Å². The zero-order valence-corrected chi connectivity index (χ0v) is 9.42. The summed E-state index contributed by atoms with van der Waals surface area (Å²) in [5, 5.41) is 0.738. The molecule has 82 valence electrons. The molecule has 3 rings (SSSR count). The minimum absolute atomic E-state index is 0.0727. The zero-order chi connectivity index (χ0) is 11.1. The van der Waals surface area contributed by atoms with Crippen molar-refractivity contribution in [3.8, 4) is 0 Å². The normalized spacial score (nSPS) is 14.2. The Bertz CT molecular complexity index is 627. The van der Waals surface area contributed by atoms with Crippen LogP contribution in [0.5, 0.6) is 0 Å². The third-order valence-electron chi connectivity index (χ3n) is 2.96. The number of rotatable bonds is 2. The molecule has 0 spiro atoms. The summed E-state index contributed by atoms with van der Waals surface area (Å²) < 4.78 is 1.38. The summed E-state index contributed by atoms with van der Waals surface area (Å²) >= 11 is 1.61. The van der Waals surface area contributed by atoms with Gasteiger partial charge in [0.25, 0.3) is 5.56 Å². The Hall–Kier alpha value is -1.49. The molecule has 0 aromatic carbocycles. The van der Waals surface area contributed by atoms with Crippen LogP contribution in [0.2, 0.25) is 0 Å². The topological polar surface area (TPSA) is 52.0 Å². The number of fused-ring (bicyclic) bond motifs is 3. The molecule has 5 heteroatoms. The van der Waals surface area contributed by atoms with Gasteiger partial charge in [-0.05, 0) is 24.8 Å². The third kappa shape index (κ3) is 1.24. The molecule has 2 heterocycles. The molecule has 0 saturated carbocycles. The Morgan fingerprint density at radius 3 is 3.19 bits per heavy atom. The van der Waals surface area contributed by atoms with Crippen molar-refractivity contribution in [1.29, 1.82) is 0 Å². The van der Waals surface area contributed by atoms with Crippen molar-refractivity contribution in [2.45, 2.75) is 25.8 Å². The van der Waals surface area contributed by atoms with Crippen molar-refractivity contribution in [2.24, 2.45) is 0 Å². The quantitative estimate of drug-likeness (QED) is 0.732. The van der Waals surface area contributed by atoms with Crippen LogP contribution in [0.3, 0.4) is 0 Å². The van der Waals surface area contributed by atoms with Crippen LogP contribution < -0.4 is 5.56 Å². The molecule has 1 aliphatic rings. The Morgan fingerprint density at radius 1 is 1.50 bits per heavy atom. The van der Waals surface area contributed by atoms with E-state index in [0.717, 1.165) is 41.3 Å². The van der Waals surface area contributed by atoms with Gasteiger partial charge in [0.15, 0.2) is 0 Å². The van der Waals surface area contributed by atoms with Crippen LogP contribution in [-0.2, 0) is 24.2 Å². The summed E-state index contributed by atoms with van der Waals surface area (Å²) in [6.07, 6.45) is 5.34. The maximum atomic E-state index is 12.1. The van der Waals surface area contributed by atoms with Gasteiger partial charge in [0.1, 0.15) is 11.1 Å². The van der Waals surface area contributed by atoms with E-state index in [2.05, 4.69) is 4.98 Å². The molecule has 0 fully saturated rings. The van der Waals surface area contributed by atoms with E-state index in [4.69, 9.17) is 0 Å². The Balaban J connectivity index is 2.34. The lowest BCUT2D eigenvalue weighted by Crippen LogP contribution is -2.21. The van der Waals surface area contributed by atoms with Crippen LogP contribution in [0.25, 0.3) is 10.2 Å². The molecule has 2 aromatic rings.